The summed E-state index contributed by atoms with van der Waals surface area (Å²) in [5.41, 5.74) is 6.95. The van der Waals surface area contributed by atoms with Gasteiger partial charge >= 0.3 is 0 Å². The first-order valence-corrected chi connectivity index (χ1v) is 10.2. The lowest BCUT2D eigenvalue weighted by molar-refractivity contribution is -0.124. The first-order chi connectivity index (χ1) is 14.8. The lowest BCUT2D eigenvalue weighted by atomic mass is 10.0. The Balaban J connectivity index is 1.59. The summed E-state index contributed by atoms with van der Waals surface area (Å²) in [6.07, 6.45) is 0. The Morgan fingerprint density at radius 3 is 2.29 bits per heavy atom. The van der Waals surface area contributed by atoms with E-state index in [0.717, 1.165) is 0 Å². The Kier molecular flexibility index (Phi) is 7.11. The first-order valence-electron chi connectivity index (χ1n) is 9.33. The van der Waals surface area contributed by atoms with E-state index >= 15 is 0 Å². The Labute approximate surface area is 182 Å². The molecular formula is C22H21FN4O3S. The highest BCUT2D eigenvalue weighted by atomic mass is 32.1. The predicted molar refractivity (Wildman–Crippen MR) is 118 cm³/mol. The maximum Gasteiger partial charge on any atom is 0.265 e. The van der Waals surface area contributed by atoms with Gasteiger partial charge in [-0.2, -0.15) is 0 Å². The van der Waals surface area contributed by atoms with Crippen molar-refractivity contribution < 1.29 is 18.8 Å². The van der Waals surface area contributed by atoms with E-state index in [0.29, 0.717) is 21.8 Å². The fourth-order valence-electron chi connectivity index (χ4n) is 3.07. The molecule has 7 nitrogen and oxygen atoms in total. The average molecular weight is 441 g/mol. The van der Waals surface area contributed by atoms with Crippen LogP contribution in [-0.2, 0) is 9.59 Å². The highest BCUT2D eigenvalue weighted by molar-refractivity contribution is 7.12. The fraction of sp³-hybridized carbons (Fsp3) is 0.136. The molecule has 1 atom stereocenters. The molecule has 31 heavy (non-hydrogen) atoms. The molecule has 0 aliphatic carbocycles. The number of nitrogens with two attached hydrogens (primary N) is 1. The van der Waals surface area contributed by atoms with Gasteiger partial charge < -0.3 is 16.4 Å². The van der Waals surface area contributed by atoms with Gasteiger partial charge in [-0.1, -0.05) is 18.2 Å². The third kappa shape index (κ3) is 5.97. The number of carbonyl (C=O) groups is 3. The third-order valence-electron chi connectivity index (χ3n) is 4.44. The van der Waals surface area contributed by atoms with Gasteiger partial charge in [0.2, 0.25) is 11.8 Å². The number of rotatable bonds is 8. The molecule has 3 aromatic rings. The van der Waals surface area contributed by atoms with Crippen LogP contribution in [0.25, 0.3) is 0 Å². The van der Waals surface area contributed by atoms with Gasteiger partial charge in [0.15, 0.2) is 0 Å². The quantitative estimate of drug-likeness (QED) is 0.500. The minimum Gasteiger partial charge on any atom is -0.368 e. The Hall–Kier alpha value is -3.56. The molecule has 3 rings (SSSR count). The van der Waals surface area contributed by atoms with Gasteiger partial charge in [0.05, 0.1) is 11.4 Å². The molecule has 1 heterocycles. The van der Waals surface area contributed by atoms with E-state index in [-0.39, 0.29) is 18.4 Å². The molecule has 0 aliphatic rings. The zero-order valence-corrected chi connectivity index (χ0v) is 17.5. The molecule has 0 aliphatic heterocycles. The van der Waals surface area contributed by atoms with Crippen molar-refractivity contribution in [3.05, 3.63) is 82.3 Å². The minimum absolute atomic E-state index is 0.138. The SMILES string of the molecule is CN(CC(=O)Nc1ccc(NC(=O)c2cccs2)cc1)C(C(N)=O)c1cccc(F)c1. The van der Waals surface area contributed by atoms with Crippen LogP contribution in [0.1, 0.15) is 21.3 Å². The van der Waals surface area contributed by atoms with Crippen LogP contribution in [0.15, 0.2) is 66.0 Å². The van der Waals surface area contributed by atoms with Crippen LogP contribution in [0.2, 0.25) is 0 Å². The molecule has 3 amide bonds. The van der Waals surface area contributed by atoms with Gasteiger partial charge in [-0.05, 0) is 60.5 Å². The summed E-state index contributed by atoms with van der Waals surface area (Å²) in [5.74, 6) is -1.76. The summed E-state index contributed by atoms with van der Waals surface area (Å²) in [7, 11) is 1.56. The second-order valence-corrected chi connectivity index (χ2v) is 7.78. The molecule has 0 saturated heterocycles. The van der Waals surface area contributed by atoms with Crippen molar-refractivity contribution in [1.82, 2.24) is 4.90 Å². The van der Waals surface area contributed by atoms with Crippen LogP contribution in [0.4, 0.5) is 15.8 Å². The lowest BCUT2D eigenvalue weighted by Gasteiger charge is -2.25. The average Bonchev–Trinajstić information content (AvgIpc) is 3.24. The van der Waals surface area contributed by atoms with E-state index in [9.17, 15) is 18.8 Å². The molecule has 1 aromatic heterocycles. The number of anilines is 2. The number of likely N-dealkylation sites (N-methyl/N-ethyl adjacent to an activating group) is 1. The standard InChI is InChI=1S/C22H21FN4O3S/c1-27(20(21(24)29)14-4-2-5-15(23)12-14)13-19(28)25-16-7-9-17(10-8-16)26-22(30)18-6-3-11-31-18/h2-12,20H,13H2,1H3,(H2,24,29)(H,25,28)(H,26,30). The number of hydrogen-bond acceptors (Lipinski definition) is 5. The van der Waals surface area contributed by atoms with Crippen LogP contribution >= 0.6 is 11.3 Å². The fourth-order valence-corrected chi connectivity index (χ4v) is 3.69. The van der Waals surface area contributed by atoms with E-state index in [1.54, 1.807) is 49.5 Å². The summed E-state index contributed by atoms with van der Waals surface area (Å²) in [6.45, 7) is -0.138. The number of halogens is 1. The lowest BCUT2D eigenvalue weighted by Crippen LogP contribution is -2.39. The van der Waals surface area contributed by atoms with E-state index < -0.39 is 17.8 Å². The molecule has 160 valence electrons. The van der Waals surface area contributed by atoms with E-state index in [4.69, 9.17) is 5.73 Å². The largest absolute Gasteiger partial charge is 0.368 e. The Morgan fingerprint density at radius 2 is 1.71 bits per heavy atom. The maximum absolute atomic E-state index is 13.5. The number of thiophene rings is 1. The normalized spacial score (nSPS) is 11.7. The number of nitrogens with zero attached hydrogens (tertiary/aromatic N) is 1. The zero-order valence-electron chi connectivity index (χ0n) is 16.7. The van der Waals surface area contributed by atoms with Gasteiger partial charge in [-0.15, -0.1) is 11.3 Å². The van der Waals surface area contributed by atoms with Gasteiger partial charge in [0.1, 0.15) is 11.9 Å². The summed E-state index contributed by atoms with van der Waals surface area (Å²) in [4.78, 5) is 38.4. The molecule has 9 heteroatoms. The Morgan fingerprint density at radius 1 is 1.03 bits per heavy atom. The van der Waals surface area contributed by atoms with Crippen LogP contribution in [0.3, 0.4) is 0 Å². The monoisotopic (exact) mass is 440 g/mol. The van der Waals surface area contributed by atoms with Crippen molar-refractivity contribution in [3.8, 4) is 0 Å². The number of carbonyl (C=O) groups excluding carboxylic acids is 3. The molecule has 0 fully saturated rings. The number of hydrogen-bond donors (Lipinski definition) is 3. The molecule has 0 bridgehead atoms. The number of amides is 3. The van der Waals surface area contributed by atoms with Crippen molar-refractivity contribution in [2.24, 2.45) is 5.73 Å². The van der Waals surface area contributed by atoms with Crippen LogP contribution in [0.5, 0.6) is 0 Å². The number of benzene rings is 2. The summed E-state index contributed by atoms with van der Waals surface area (Å²) < 4.78 is 13.5. The molecule has 0 spiro atoms. The molecule has 4 N–H and O–H groups in total. The summed E-state index contributed by atoms with van der Waals surface area (Å²) in [6, 6.07) is 14.8. The zero-order chi connectivity index (χ0) is 22.4. The van der Waals surface area contributed by atoms with Crippen molar-refractivity contribution >= 4 is 40.4 Å². The van der Waals surface area contributed by atoms with Crippen molar-refractivity contribution in [2.75, 3.05) is 24.2 Å². The maximum atomic E-state index is 13.5. The second-order valence-electron chi connectivity index (χ2n) is 6.83. The van der Waals surface area contributed by atoms with Crippen LogP contribution < -0.4 is 16.4 Å². The molecule has 0 saturated carbocycles. The molecule has 2 aromatic carbocycles. The van der Waals surface area contributed by atoms with E-state index in [1.807, 2.05) is 5.38 Å². The predicted octanol–water partition coefficient (Wildman–Crippen LogP) is 3.24. The molecular weight excluding hydrogens is 419 g/mol. The van der Waals surface area contributed by atoms with Crippen molar-refractivity contribution in [2.45, 2.75) is 6.04 Å². The van der Waals surface area contributed by atoms with Crippen molar-refractivity contribution in [1.29, 1.82) is 0 Å². The number of primary amides is 1. The van der Waals surface area contributed by atoms with Gasteiger partial charge in [0.25, 0.3) is 5.91 Å². The summed E-state index contributed by atoms with van der Waals surface area (Å²) >= 11 is 1.34. The highest BCUT2D eigenvalue weighted by Crippen LogP contribution is 2.20. The number of nitrogens with one attached hydrogen (secondary N) is 2. The van der Waals surface area contributed by atoms with Crippen LogP contribution in [-0.4, -0.2) is 36.2 Å². The third-order valence-corrected chi connectivity index (χ3v) is 5.31. The first kappa shape index (κ1) is 22.1. The van der Waals surface area contributed by atoms with E-state index in [1.165, 1.54) is 34.4 Å². The minimum atomic E-state index is -0.948. The molecule has 1 unspecified atom stereocenters. The summed E-state index contributed by atoms with van der Waals surface area (Å²) in [5, 5.41) is 7.32. The van der Waals surface area contributed by atoms with Gasteiger partial charge in [0, 0.05) is 11.4 Å². The van der Waals surface area contributed by atoms with E-state index in [2.05, 4.69) is 10.6 Å². The topological polar surface area (TPSA) is 105 Å². The smallest absolute Gasteiger partial charge is 0.265 e. The Bertz CT molecular complexity index is 1070. The highest BCUT2D eigenvalue weighted by Gasteiger charge is 2.25. The van der Waals surface area contributed by atoms with Crippen molar-refractivity contribution in [3.63, 3.8) is 0 Å². The van der Waals surface area contributed by atoms with Gasteiger partial charge in [-0.3, -0.25) is 19.3 Å². The second kappa shape index (κ2) is 9.96. The van der Waals surface area contributed by atoms with Crippen LogP contribution in [0, 0.1) is 5.82 Å². The molecule has 0 radical (unpaired) electrons. The van der Waals surface area contributed by atoms with Gasteiger partial charge in [-0.25, -0.2) is 4.39 Å².